The number of nitrogens with zero attached hydrogens (tertiary/aromatic N) is 1. The van der Waals surface area contributed by atoms with Gasteiger partial charge >= 0.3 is 0 Å². The fourth-order valence-corrected chi connectivity index (χ4v) is 2.98. The first-order valence-electron chi connectivity index (χ1n) is 8.01. The van der Waals surface area contributed by atoms with Crippen LogP contribution in [0.1, 0.15) is 53.4 Å². The molecule has 2 heteroatoms. The second-order valence-electron chi connectivity index (χ2n) is 6.37. The van der Waals surface area contributed by atoms with E-state index in [1.807, 2.05) is 0 Å². The number of rotatable bonds is 7. The highest BCUT2D eigenvalue weighted by atomic mass is 15.2. The lowest BCUT2D eigenvalue weighted by Crippen LogP contribution is -2.60. The Balaban J connectivity index is 2.50. The molecule has 0 aliphatic carbocycles. The van der Waals surface area contributed by atoms with Crippen molar-refractivity contribution >= 4 is 0 Å². The zero-order chi connectivity index (χ0) is 14.3. The van der Waals surface area contributed by atoms with E-state index in [0.717, 1.165) is 24.8 Å². The highest BCUT2D eigenvalue weighted by Gasteiger charge is 2.31. The Morgan fingerprint density at radius 3 is 2.63 bits per heavy atom. The van der Waals surface area contributed by atoms with Crippen LogP contribution in [0.25, 0.3) is 0 Å². The van der Waals surface area contributed by atoms with Gasteiger partial charge in [-0.2, -0.15) is 0 Å². The Bertz CT molecular complexity index is 279. The van der Waals surface area contributed by atoms with E-state index in [1.165, 1.54) is 32.4 Å². The van der Waals surface area contributed by atoms with Crippen LogP contribution in [0, 0.1) is 24.2 Å². The molecule has 110 valence electrons. The van der Waals surface area contributed by atoms with E-state index >= 15 is 0 Å². The van der Waals surface area contributed by atoms with Crippen molar-refractivity contribution in [3.8, 4) is 12.3 Å². The number of terminal acetylenes is 1. The Morgan fingerprint density at radius 2 is 2.05 bits per heavy atom. The van der Waals surface area contributed by atoms with E-state index in [0.29, 0.717) is 12.1 Å². The van der Waals surface area contributed by atoms with Crippen LogP contribution in [-0.4, -0.2) is 36.6 Å². The maximum Gasteiger partial charge on any atom is 0.0244 e. The summed E-state index contributed by atoms with van der Waals surface area (Å²) in [4.78, 5) is 2.70. The molecule has 1 aliphatic rings. The van der Waals surface area contributed by atoms with E-state index in [-0.39, 0.29) is 0 Å². The standard InChI is InChI=1S/C17H32N2/c1-6-8-9-10-11-19-13-16(15(5)7-2)18-12-17(19)14(3)4/h1,14-18H,7-13H2,2-5H3. The molecular formula is C17H32N2. The molecule has 19 heavy (non-hydrogen) atoms. The maximum atomic E-state index is 5.33. The molecule has 0 bridgehead atoms. The zero-order valence-electron chi connectivity index (χ0n) is 13.3. The predicted octanol–water partition coefficient (Wildman–Crippen LogP) is 3.13. The molecule has 1 aliphatic heterocycles. The van der Waals surface area contributed by atoms with Gasteiger partial charge in [0.15, 0.2) is 0 Å². The van der Waals surface area contributed by atoms with Crippen molar-refractivity contribution in [3.63, 3.8) is 0 Å². The van der Waals surface area contributed by atoms with Crippen LogP contribution in [0.15, 0.2) is 0 Å². The monoisotopic (exact) mass is 264 g/mol. The third kappa shape index (κ3) is 5.16. The quantitative estimate of drug-likeness (QED) is 0.561. The first-order chi connectivity index (χ1) is 9.10. The van der Waals surface area contributed by atoms with Crippen molar-refractivity contribution < 1.29 is 0 Å². The molecule has 3 unspecified atom stereocenters. The van der Waals surface area contributed by atoms with Gasteiger partial charge in [-0.3, -0.25) is 4.90 Å². The van der Waals surface area contributed by atoms with Crippen molar-refractivity contribution in [2.24, 2.45) is 11.8 Å². The average molecular weight is 264 g/mol. The molecule has 1 heterocycles. The Kier molecular flexibility index (Phi) is 7.49. The Morgan fingerprint density at radius 1 is 1.32 bits per heavy atom. The van der Waals surface area contributed by atoms with Crippen molar-refractivity contribution in [1.29, 1.82) is 0 Å². The normalized spacial score (nSPS) is 26.3. The summed E-state index contributed by atoms with van der Waals surface area (Å²) in [5.41, 5.74) is 0. The number of nitrogens with one attached hydrogen (secondary N) is 1. The van der Waals surface area contributed by atoms with Gasteiger partial charge in [-0.1, -0.05) is 34.1 Å². The van der Waals surface area contributed by atoms with E-state index in [1.54, 1.807) is 0 Å². The number of hydrogen-bond acceptors (Lipinski definition) is 2. The molecule has 0 amide bonds. The zero-order valence-corrected chi connectivity index (χ0v) is 13.3. The second-order valence-corrected chi connectivity index (χ2v) is 6.37. The summed E-state index contributed by atoms with van der Waals surface area (Å²) in [5.74, 6) is 4.23. The molecule has 2 nitrogen and oxygen atoms in total. The molecule has 0 radical (unpaired) electrons. The minimum Gasteiger partial charge on any atom is -0.311 e. The molecule has 0 aromatic carbocycles. The Labute approximate surface area is 120 Å². The Hall–Kier alpha value is -0.520. The van der Waals surface area contributed by atoms with Gasteiger partial charge in [0.1, 0.15) is 0 Å². The van der Waals surface area contributed by atoms with Crippen molar-refractivity contribution in [1.82, 2.24) is 10.2 Å². The van der Waals surface area contributed by atoms with Crippen molar-refractivity contribution in [2.45, 2.75) is 65.5 Å². The summed E-state index contributed by atoms with van der Waals surface area (Å²) in [6, 6.07) is 1.35. The molecule has 1 N–H and O–H groups in total. The third-order valence-electron chi connectivity index (χ3n) is 4.61. The van der Waals surface area contributed by atoms with Crippen molar-refractivity contribution in [3.05, 3.63) is 0 Å². The molecule has 0 saturated carbocycles. The van der Waals surface area contributed by atoms with Crippen LogP contribution in [0.4, 0.5) is 0 Å². The van der Waals surface area contributed by atoms with E-state index in [9.17, 15) is 0 Å². The molecular weight excluding hydrogens is 232 g/mol. The number of hydrogen-bond donors (Lipinski definition) is 1. The topological polar surface area (TPSA) is 15.3 Å². The molecule has 0 spiro atoms. The summed E-state index contributed by atoms with van der Waals surface area (Å²) in [6.45, 7) is 12.9. The summed E-state index contributed by atoms with van der Waals surface area (Å²) in [5, 5.41) is 3.76. The second kappa shape index (κ2) is 8.61. The highest BCUT2D eigenvalue weighted by Crippen LogP contribution is 2.20. The van der Waals surface area contributed by atoms with Gasteiger partial charge in [-0.15, -0.1) is 12.3 Å². The fraction of sp³-hybridized carbons (Fsp3) is 0.882. The largest absolute Gasteiger partial charge is 0.311 e. The third-order valence-corrected chi connectivity index (χ3v) is 4.61. The molecule has 1 rings (SSSR count). The SMILES string of the molecule is C#CCCCCN1CC(C(C)CC)NCC1C(C)C. The predicted molar refractivity (Wildman–Crippen MR) is 84.1 cm³/mol. The van der Waals surface area contributed by atoms with Crippen LogP contribution in [0.2, 0.25) is 0 Å². The molecule has 0 aromatic rings. The van der Waals surface area contributed by atoms with Gasteiger partial charge in [-0.05, 0) is 31.2 Å². The first kappa shape index (κ1) is 16.5. The molecule has 0 aromatic heterocycles. The van der Waals surface area contributed by atoms with Crippen LogP contribution in [0.5, 0.6) is 0 Å². The first-order valence-corrected chi connectivity index (χ1v) is 8.01. The summed E-state index contributed by atoms with van der Waals surface area (Å²) >= 11 is 0. The van der Waals surface area contributed by atoms with Crippen LogP contribution >= 0.6 is 0 Å². The van der Waals surface area contributed by atoms with Gasteiger partial charge in [-0.25, -0.2) is 0 Å². The van der Waals surface area contributed by atoms with Crippen LogP contribution in [0.3, 0.4) is 0 Å². The van der Waals surface area contributed by atoms with Gasteiger partial charge in [0.05, 0.1) is 0 Å². The van der Waals surface area contributed by atoms with Crippen LogP contribution in [-0.2, 0) is 0 Å². The number of piperazine rings is 1. The molecule has 3 atom stereocenters. The van der Waals surface area contributed by atoms with Gasteiger partial charge in [0, 0.05) is 31.6 Å². The highest BCUT2D eigenvalue weighted by molar-refractivity contribution is 4.90. The van der Waals surface area contributed by atoms with Gasteiger partial charge in [0.2, 0.25) is 0 Å². The van der Waals surface area contributed by atoms with E-state index < -0.39 is 0 Å². The summed E-state index contributed by atoms with van der Waals surface area (Å²) < 4.78 is 0. The average Bonchev–Trinajstić information content (AvgIpc) is 2.42. The van der Waals surface area contributed by atoms with Crippen LogP contribution < -0.4 is 5.32 Å². The lowest BCUT2D eigenvalue weighted by molar-refractivity contribution is 0.0805. The molecule has 1 fully saturated rings. The minimum absolute atomic E-state index is 0.660. The molecule has 1 saturated heterocycles. The maximum absolute atomic E-state index is 5.33. The van der Waals surface area contributed by atoms with E-state index in [4.69, 9.17) is 6.42 Å². The van der Waals surface area contributed by atoms with Gasteiger partial charge in [0.25, 0.3) is 0 Å². The van der Waals surface area contributed by atoms with Gasteiger partial charge < -0.3 is 5.32 Å². The smallest absolute Gasteiger partial charge is 0.0244 e. The lowest BCUT2D eigenvalue weighted by Gasteiger charge is -2.44. The fourth-order valence-electron chi connectivity index (χ4n) is 2.98. The minimum atomic E-state index is 0.660. The van der Waals surface area contributed by atoms with E-state index in [2.05, 4.69) is 43.8 Å². The number of unbranched alkanes of at least 4 members (excludes halogenated alkanes) is 2. The summed E-state index contributed by atoms with van der Waals surface area (Å²) in [7, 11) is 0. The summed E-state index contributed by atoms with van der Waals surface area (Å²) in [6.07, 6.45) is 9.91. The van der Waals surface area contributed by atoms with Crippen molar-refractivity contribution in [2.75, 3.05) is 19.6 Å². The lowest BCUT2D eigenvalue weighted by atomic mass is 9.92.